The second-order valence-corrected chi connectivity index (χ2v) is 5.18. The second-order valence-electron chi connectivity index (χ2n) is 5.18. The molecule has 1 aliphatic rings. The molecule has 0 radical (unpaired) electrons. The fourth-order valence-corrected chi connectivity index (χ4v) is 2.35. The average Bonchev–Trinajstić information content (AvgIpc) is 2.64. The minimum Gasteiger partial charge on any atom is -0.478 e. The summed E-state index contributed by atoms with van der Waals surface area (Å²) in [4.78, 5) is 24.9. The Bertz CT molecular complexity index is 495. The van der Waals surface area contributed by atoms with Gasteiger partial charge in [0.2, 0.25) is 5.91 Å². The molecule has 0 bridgehead atoms. The van der Waals surface area contributed by atoms with E-state index >= 15 is 0 Å². The Kier molecular flexibility index (Phi) is 3.87. The number of carbonyl (C=O) groups is 2. The van der Waals surface area contributed by atoms with E-state index in [2.05, 4.69) is 12.0 Å². The predicted molar refractivity (Wildman–Crippen MR) is 68.6 cm³/mol. The lowest BCUT2D eigenvalue weighted by Crippen LogP contribution is -2.31. The lowest BCUT2D eigenvalue weighted by molar-refractivity contribution is -0.131. The molecule has 2 rings (SSSR count). The lowest BCUT2D eigenvalue weighted by atomic mass is 10.0. The van der Waals surface area contributed by atoms with E-state index < -0.39 is 5.97 Å². The molecule has 0 spiro atoms. The van der Waals surface area contributed by atoms with Crippen LogP contribution in [0.2, 0.25) is 0 Å². The first-order valence-corrected chi connectivity index (χ1v) is 6.51. The Morgan fingerprint density at radius 2 is 2.26 bits per heavy atom. The van der Waals surface area contributed by atoms with E-state index in [1.54, 1.807) is 11.9 Å². The van der Waals surface area contributed by atoms with E-state index in [-0.39, 0.29) is 11.5 Å². The Morgan fingerprint density at radius 3 is 2.95 bits per heavy atom. The molecule has 19 heavy (non-hydrogen) atoms. The van der Waals surface area contributed by atoms with Crippen LogP contribution in [0.5, 0.6) is 0 Å². The summed E-state index contributed by atoms with van der Waals surface area (Å²) in [5, 5.41) is 13.1. The molecule has 0 aromatic carbocycles. The van der Waals surface area contributed by atoms with Crippen molar-refractivity contribution in [3.8, 4) is 0 Å². The van der Waals surface area contributed by atoms with E-state index in [1.807, 2.05) is 0 Å². The van der Waals surface area contributed by atoms with Crippen LogP contribution in [-0.4, -0.2) is 38.2 Å². The number of aromatic nitrogens is 2. The molecule has 1 aliphatic heterocycles. The average molecular weight is 265 g/mol. The van der Waals surface area contributed by atoms with Gasteiger partial charge in [0.25, 0.3) is 0 Å². The highest BCUT2D eigenvalue weighted by Gasteiger charge is 2.24. The Hall–Kier alpha value is -1.85. The largest absolute Gasteiger partial charge is 0.478 e. The fraction of sp³-hybridized carbons (Fsp3) is 0.615. The summed E-state index contributed by atoms with van der Waals surface area (Å²) in [6, 6.07) is 0. The smallest absolute Gasteiger partial charge is 0.339 e. The Labute approximate surface area is 112 Å². The molecule has 104 valence electrons. The predicted octanol–water partition coefficient (Wildman–Crippen LogP) is 1.27. The Balaban J connectivity index is 2.18. The third kappa shape index (κ3) is 2.94. The van der Waals surface area contributed by atoms with Gasteiger partial charge in [0.05, 0.1) is 18.4 Å². The van der Waals surface area contributed by atoms with Gasteiger partial charge in [-0.1, -0.05) is 6.92 Å². The molecule has 2 heterocycles. The Morgan fingerprint density at radius 1 is 1.53 bits per heavy atom. The van der Waals surface area contributed by atoms with Gasteiger partial charge < -0.3 is 10.0 Å². The number of carboxylic acids is 1. The third-order valence-electron chi connectivity index (χ3n) is 3.73. The molecule has 1 aromatic heterocycles. The van der Waals surface area contributed by atoms with Gasteiger partial charge in [-0.3, -0.25) is 9.48 Å². The molecule has 0 saturated carbocycles. The molecule has 1 unspecified atom stereocenters. The van der Waals surface area contributed by atoms with Crippen molar-refractivity contribution in [2.45, 2.75) is 32.7 Å². The maximum absolute atomic E-state index is 12.0. The van der Waals surface area contributed by atoms with Crippen LogP contribution >= 0.6 is 0 Å². The van der Waals surface area contributed by atoms with Crippen molar-refractivity contribution in [2.24, 2.45) is 13.0 Å². The van der Waals surface area contributed by atoms with Crippen LogP contribution < -0.4 is 0 Å². The highest BCUT2D eigenvalue weighted by molar-refractivity contribution is 5.88. The van der Waals surface area contributed by atoms with Gasteiger partial charge in [0, 0.05) is 20.0 Å². The van der Waals surface area contributed by atoms with E-state index in [0.29, 0.717) is 31.1 Å². The van der Waals surface area contributed by atoms with E-state index in [1.165, 1.54) is 10.9 Å². The van der Waals surface area contributed by atoms with Crippen LogP contribution in [-0.2, 0) is 18.4 Å². The van der Waals surface area contributed by atoms with E-state index in [0.717, 1.165) is 12.8 Å². The zero-order chi connectivity index (χ0) is 14.0. The van der Waals surface area contributed by atoms with Crippen molar-refractivity contribution in [1.29, 1.82) is 0 Å². The first kappa shape index (κ1) is 13.6. The van der Waals surface area contributed by atoms with E-state index in [4.69, 9.17) is 5.11 Å². The quantitative estimate of drug-likeness (QED) is 0.893. The number of carbonyl (C=O) groups excluding carboxylic acids is 1. The van der Waals surface area contributed by atoms with Crippen LogP contribution in [0.15, 0.2) is 6.20 Å². The molecular weight excluding hydrogens is 246 g/mol. The van der Waals surface area contributed by atoms with Crippen molar-refractivity contribution >= 4 is 11.9 Å². The molecule has 1 saturated heterocycles. The molecule has 1 amide bonds. The molecule has 6 nitrogen and oxygen atoms in total. The summed E-state index contributed by atoms with van der Waals surface area (Å²) in [5.41, 5.74) is 0.753. The molecule has 0 aliphatic carbocycles. The van der Waals surface area contributed by atoms with Crippen molar-refractivity contribution in [1.82, 2.24) is 14.7 Å². The number of carboxylic acid groups (broad SMARTS) is 1. The van der Waals surface area contributed by atoms with Gasteiger partial charge in [-0.15, -0.1) is 0 Å². The zero-order valence-electron chi connectivity index (χ0n) is 11.3. The lowest BCUT2D eigenvalue weighted by Gasteiger charge is -2.21. The van der Waals surface area contributed by atoms with Crippen LogP contribution in [0.3, 0.4) is 0 Å². The van der Waals surface area contributed by atoms with Crippen molar-refractivity contribution in [2.75, 3.05) is 6.54 Å². The second kappa shape index (κ2) is 5.42. The van der Waals surface area contributed by atoms with Gasteiger partial charge in [0.15, 0.2) is 0 Å². The maximum Gasteiger partial charge on any atom is 0.339 e. The topological polar surface area (TPSA) is 75.4 Å². The van der Waals surface area contributed by atoms with Crippen LogP contribution in [0.1, 0.15) is 42.2 Å². The summed E-state index contributed by atoms with van der Waals surface area (Å²) < 4.78 is 1.53. The number of amides is 1. The van der Waals surface area contributed by atoms with Gasteiger partial charge >= 0.3 is 5.97 Å². The number of aromatic carboxylic acids is 1. The third-order valence-corrected chi connectivity index (χ3v) is 3.73. The first-order valence-electron chi connectivity index (χ1n) is 6.51. The summed E-state index contributed by atoms with van der Waals surface area (Å²) >= 11 is 0. The molecule has 6 heteroatoms. The molecule has 1 atom stereocenters. The standard InChI is InChI=1S/C13H19N3O3/c1-9-3-4-12(17)16(6-5-9)8-11-10(13(18)19)7-14-15(11)2/h7,9H,3-6,8H2,1-2H3,(H,18,19). The number of aryl methyl sites for hydroxylation is 1. The van der Waals surface area contributed by atoms with E-state index in [9.17, 15) is 9.59 Å². The van der Waals surface area contributed by atoms with Crippen molar-refractivity contribution in [3.63, 3.8) is 0 Å². The molecule has 1 fully saturated rings. The van der Waals surface area contributed by atoms with Crippen LogP contribution in [0.25, 0.3) is 0 Å². The van der Waals surface area contributed by atoms with Crippen molar-refractivity contribution < 1.29 is 14.7 Å². The fourth-order valence-electron chi connectivity index (χ4n) is 2.35. The summed E-state index contributed by atoms with van der Waals surface area (Å²) in [7, 11) is 1.70. The molecule has 1 aromatic rings. The van der Waals surface area contributed by atoms with Gasteiger partial charge in [0.1, 0.15) is 5.56 Å². The highest BCUT2D eigenvalue weighted by Crippen LogP contribution is 2.20. The number of nitrogens with zero attached hydrogens (tertiary/aromatic N) is 3. The van der Waals surface area contributed by atoms with Gasteiger partial charge in [-0.05, 0) is 18.8 Å². The maximum atomic E-state index is 12.0. The van der Waals surface area contributed by atoms with Gasteiger partial charge in [-0.2, -0.15) is 5.10 Å². The number of hydrogen-bond donors (Lipinski definition) is 1. The number of rotatable bonds is 3. The first-order chi connectivity index (χ1) is 8.99. The normalized spacial score (nSPS) is 20.4. The minimum absolute atomic E-state index is 0.0990. The number of hydrogen-bond acceptors (Lipinski definition) is 3. The summed E-state index contributed by atoms with van der Waals surface area (Å²) in [5.74, 6) is -0.361. The zero-order valence-corrected chi connectivity index (χ0v) is 11.3. The van der Waals surface area contributed by atoms with Gasteiger partial charge in [-0.25, -0.2) is 4.79 Å². The summed E-state index contributed by atoms with van der Waals surface area (Å²) in [6.07, 6.45) is 3.75. The summed E-state index contributed by atoms with van der Waals surface area (Å²) in [6.45, 7) is 3.15. The molecule has 1 N–H and O–H groups in total. The SMILES string of the molecule is CC1CCC(=O)N(Cc2c(C(=O)O)cnn2C)CC1. The molecular formula is C13H19N3O3. The number of likely N-dealkylation sites (tertiary alicyclic amines) is 1. The monoisotopic (exact) mass is 265 g/mol. The van der Waals surface area contributed by atoms with Crippen LogP contribution in [0, 0.1) is 5.92 Å². The minimum atomic E-state index is -1.00. The highest BCUT2D eigenvalue weighted by atomic mass is 16.4. The van der Waals surface area contributed by atoms with Crippen LogP contribution in [0.4, 0.5) is 0 Å². The van der Waals surface area contributed by atoms with Crippen molar-refractivity contribution in [3.05, 3.63) is 17.5 Å².